The van der Waals surface area contributed by atoms with Gasteiger partial charge in [0.15, 0.2) is 0 Å². The zero-order chi connectivity index (χ0) is 29.2. The number of benzene rings is 4. The van der Waals surface area contributed by atoms with Crippen LogP contribution in [0, 0.1) is 5.82 Å². The number of hydrogen-bond donors (Lipinski definition) is 3. The lowest BCUT2D eigenvalue weighted by atomic mass is 10.1. The lowest BCUT2D eigenvalue weighted by Gasteiger charge is -2.14. The molecule has 0 fully saturated rings. The van der Waals surface area contributed by atoms with Crippen molar-refractivity contribution >= 4 is 46.9 Å². The van der Waals surface area contributed by atoms with Crippen LogP contribution < -0.4 is 20.7 Å². The summed E-state index contributed by atoms with van der Waals surface area (Å²) in [5, 5.41) is 7.60. The van der Waals surface area contributed by atoms with Crippen LogP contribution in [0.2, 0.25) is 0 Å². The van der Waals surface area contributed by atoms with E-state index >= 15 is 0 Å². The normalized spacial score (nSPS) is 11.7. The van der Waals surface area contributed by atoms with Crippen molar-refractivity contribution in [1.82, 2.24) is 5.32 Å². The summed E-state index contributed by atoms with van der Waals surface area (Å²) in [6.45, 7) is 1.72. The minimum Gasteiger partial charge on any atom is -0.496 e. The smallest absolute Gasteiger partial charge is 0.272 e. The molecule has 41 heavy (non-hydrogen) atoms. The lowest BCUT2D eigenvalue weighted by Crippen LogP contribution is -2.30. The van der Waals surface area contributed by atoms with Gasteiger partial charge in [-0.25, -0.2) is 4.39 Å². The van der Waals surface area contributed by atoms with Crippen LogP contribution >= 0.6 is 11.8 Å². The van der Waals surface area contributed by atoms with Gasteiger partial charge in [-0.2, -0.15) is 0 Å². The second-order valence-electron chi connectivity index (χ2n) is 8.83. The van der Waals surface area contributed by atoms with E-state index in [1.165, 1.54) is 31.0 Å². The van der Waals surface area contributed by atoms with Crippen molar-refractivity contribution in [3.63, 3.8) is 0 Å². The van der Waals surface area contributed by atoms with Crippen molar-refractivity contribution in [3.05, 3.63) is 126 Å². The fourth-order valence-corrected chi connectivity index (χ4v) is 4.62. The first kappa shape index (κ1) is 29.1. The van der Waals surface area contributed by atoms with Crippen LogP contribution in [-0.2, 0) is 9.59 Å². The van der Waals surface area contributed by atoms with Crippen molar-refractivity contribution in [1.29, 1.82) is 0 Å². The van der Waals surface area contributed by atoms with E-state index in [1.54, 1.807) is 97.9 Å². The van der Waals surface area contributed by atoms with Gasteiger partial charge in [0, 0.05) is 21.7 Å². The second-order valence-corrected chi connectivity index (χ2v) is 10.2. The van der Waals surface area contributed by atoms with Gasteiger partial charge < -0.3 is 20.7 Å². The standard InChI is InChI=1S/C32H28FN3O4S/c1-21(30(37)35-27-14-8-7-13-26(27)33)41-25-18-16-24(17-19-25)34-32(39)28(20-23-12-6-9-15-29(23)40-2)36-31(38)22-10-4-3-5-11-22/h3-21H,1-2H3,(H,34,39)(H,35,37)(H,36,38)/b28-20-. The van der Waals surface area contributed by atoms with E-state index in [1.807, 2.05) is 6.07 Å². The molecule has 0 aliphatic heterocycles. The number of nitrogens with one attached hydrogen (secondary N) is 3. The molecule has 9 heteroatoms. The van der Waals surface area contributed by atoms with Crippen LogP contribution in [0.1, 0.15) is 22.8 Å². The van der Waals surface area contributed by atoms with Crippen molar-refractivity contribution in [3.8, 4) is 5.75 Å². The summed E-state index contributed by atoms with van der Waals surface area (Å²) in [4.78, 5) is 39.5. The monoisotopic (exact) mass is 569 g/mol. The number of ether oxygens (including phenoxy) is 1. The number of carbonyl (C=O) groups excluding carboxylic acids is 3. The van der Waals surface area contributed by atoms with Gasteiger partial charge in [-0.3, -0.25) is 14.4 Å². The van der Waals surface area contributed by atoms with Gasteiger partial charge in [0.25, 0.3) is 11.8 Å². The zero-order valence-corrected chi connectivity index (χ0v) is 23.2. The molecular formula is C32H28FN3O4S. The Kier molecular flexibility index (Phi) is 9.90. The highest BCUT2D eigenvalue weighted by Gasteiger charge is 2.18. The van der Waals surface area contributed by atoms with E-state index in [0.717, 1.165) is 4.90 Å². The number of amides is 3. The summed E-state index contributed by atoms with van der Waals surface area (Å²) in [7, 11) is 1.53. The molecule has 0 heterocycles. The van der Waals surface area contributed by atoms with E-state index in [9.17, 15) is 18.8 Å². The average molecular weight is 570 g/mol. The number of thioether (sulfide) groups is 1. The first-order valence-corrected chi connectivity index (χ1v) is 13.6. The topological polar surface area (TPSA) is 96.5 Å². The first-order valence-electron chi connectivity index (χ1n) is 12.7. The molecule has 0 spiro atoms. The molecule has 7 nitrogen and oxygen atoms in total. The summed E-state index contributed by atoms with van der Waals surface area (Å²) in [5.41, 5.74) is 1.66. The van der Waals surface area contributed by atoms with E-state index < -0.39 is 22.9 Å². The van der Waals surface area contributed by atoms with Gasteiger partial charge >= 0.3 is 0 Å². The predicted molar refractivity (Wildman–Crippen MR) is 160 cm³/mol. The summed E-state index contributed by atoms with van der Waals surface area (Å²) >= 11 is 1.29. The summed E-state index contributed by atoms with van der Waals surface area (Å²) in [5.74, 6) is -1.26. The largest absolute Gasteiger partial charge is 0.496 e. The Morgan fingerprint density at radius 1 is 0.829 bits per heavy atom. The molecular weight excluding hydrogens is 541 g/mol. The number of carbonyl (C=O) groups is 3. The van der Waals surface area contributed by atoms with Gasteiger partial charge in [-0.15, -0.1) is 11.8 Å². The molecule has 4 aromatic rings. The van der Waals surface area contributed by atoms with Crippen LogP contribution in [0.5, 0.6) is 5.75 Å². The minimum absolute atomic E-state index is 0.0280. The third-order valence-corrected chi connectivity index (χ3v) is 7.01. The number of para-hydroxylation sites is 2. The quantitative estimate of drug-likeness (QED) is 0.153. The van der Waals surface area contributed by atoms with Gasteiger partial charge in [0.05, 0.1) is 18.0 Å². The van der Waals surface area contributed by atoms with Gasteiger partial charge in [0.2, 0.25) is 5.91 Å². The van der Waals surface area contributed by atoms with Crippen molar-refractivity contribution in [2.75, 3.05) is 17.7 Å². The number of rotatable bonds is 10. The molecule has 3 N–H and O–H groups in total. The maximum Gasteiger partial charge on any atom is 0.272 e. The highest BCUT2D eigenvalue weighted by atomic mass is 32.2. The van der Waals surface area contributed by atoms with Gasteiger partial charge in [-0.05, 0) is 67.6 Å². The first-order chi connectivity index (χ1) is 19.8. The van der Waals surface area contributed by atoms with Crippen molar-refractivity contribution in [2.24, 2.45) is 0 Å². The SMILES string of the molecule is COc1ccccc1/C=C(\NC(=O)c1ccccc1)C(=O)Nc1ccc(SC(C)C(=O)Nc2ccccc2F)cc1. The summed E-state index contributed by atoms with van der Waals surface area (Å²) in [6.07, 6.45) is 1.55. The Morgan fingerprint density at radius 3 is 2.20 bits per heavy atom. The molecule has 208 valence electrons. The third-order valence-electron chi connectivity index (χ3n) is 5.89. The third kappa shape index (κ3) is 8.06. The second kappa shape index (κ2) is 14.0. The number of halogens is 1. The van der Waals surface area contributed by atoms with Crippen molar-refractivity contribution < 1.29 is 23.5 Å². The molecule has 1 atom stereocenters. The molecule has 4 aromatic carbocycles. The minimum atomic E-state index is -0.529. The zero-order valence-electron chi connectivity index (χ0n) is 22.4. The number of methoxy groups -OCH3 is 1. The molecule has 1 unspecified atom stereocenters. The molecule has 0 aromatic heterocycles. The number of hydrogen-bond acceptors (Lipinski definition) is 5. The highest BCUT2D eigenvalue weighted by Crippen LogP contribution is 2.26. The van der Waals surface area contributed by atoms with Crippen LogP contribution in [0.15, 0.2) is 114 Å². The Morgan fingerprint density at radius 2 is 1.49 bits per heavy atom. The molecule has 0 saturated carbocycles. The van der Waals surface area contributed by atoms with Crippen LogP contribution in [0.4, 0.5) is 15.8 Å². The Labute approximate surface area is 241 Å². The number of anilines is 2. The molecule has 4 rings (SSSR count). The van der Waals surface area contributed by atoms with E-state index in [0.29, 0.717) is 22.6 Å². The lowest BCUT2D eigenvalue weighted by molar-refractivity contribution is -0.115. The van der Waals surface area contributed by atoms with Gasteiger partial charge in [-0.1, -0.05) is 48.5 Å². The van der Waals surface area contributed by atoms with E-state index in [2.05, 4.69) is 16.0 Å². The van der Waals surface area contributed by atoms with Crippen molar-refractivity contribution in [2.45, 2.75) is 17.1 Å². The Hall–Kier alpha value is -4.89. The van der Waals surface area contributed by atoms with Crippen LogP contribution in [0.25, 0.3) is 6.08 Å². The molecule has 3 amide bonds. The van der Waals surface area contributed by atoms with E-state index in [4.69, 9.17) is 4.74 Å². The van der Waals surface area contributed by atoms with Gasteiger partial charge in [0.1, 0.15) is 17.3 Å². The van der Waals surface area contributed by atoms with Crippen LogP contribution in [0.3, 0.4) is 0 Å². The maximum atomic E-state index is 13.9. The summed E-state index contributed by atoms with van der Waals surface area (Å²) in [6, 6.07) is 28.6. The molecule has 0 radical (unpaired) electrons. The van der Waals surface area contributed by atoms with E-state index in [-0.39, 0.29) is 17.3 Å². The Bertz CT molecular complexity index is 1560. The van der Waals surface area contributed by atoms with Crippen LogP contribution in [-0.4, -0.2) is 30.1 Å². The Balaban J connectivity index is 1.46. The molecule has 0 bridgehead atoms. The maximum absolute atomic E-state index is 13.9. The highest BCUT2D eigenvalue weighted by molar-refractivity contribution is 8.00. The predicted octanol–water partition coefficient (Wildman–Crippen LogP) is 6.36. The molecule has 0 saturated heterocycles. The summed E-state index contributed by atoms with van der Waals surface area (Å²) < 4.78 is 19.3. The fourth-order valence-electron chi connectivity index (χ4n) is 3.75. The molecule has 0 aliphatic carbocycles. The fraction of sp³-hybridized carbons (Fsp3) is 0.0938. The average Bonchev–Trinajstić information content (AvgIpc) is 2.99. The molecule has 0 aliphatic rings.